The number of methoxy groups -OCH3 is 1. The lowest BCUT2D eigenvalue weighted by molar-refractivity contribution is 0.181. The molecular formula is C16H19N5O. The maximum Gasteiger partial charge on any atom is 0.254 e. The van der Waals surface area contributed by atoms with Gasteiger partial charge in [0.15, 0.2) is 0 Å². The quantitative estimate of drug-likeness (QED) is 0.757. The third-order valence-corrected chi connectivity index (χ3v) is 3.56. The van der Waals surface area contributed by atoms with Gasteiger partial charge < -0.3 is 10.1 Å². The Balaban J connectivity index is 1.88. The molecule has 0 radical (unpaired) electrons. The van der Waals surface area contributed by atoms with E-state index >= 15 is 0 Å². The molecule has 1 N–H and O–H groups in total. The second-order valence-electron chi connectivity index (χ2n) is 5.01. The molecule has 6 heteroatoms. The van der Waals surface area contributed by atoms with Crippen molar-refractivity contribution in [2.45, 2.75) is 26.5 Å². The standard InChI is InChI=1S/C16H19N5O/c1-3-12-6-4-5-7-13(12)9-17-15-8-14(10-22-2)20-16-18-11-19-21(15)16/h4-8,11,17H,3,9-10H2,1-2H3. The minimum atomic E-state index is 0.448. The number of hydrogen-bond acceptors (Lipinski definition) is 5. The van der Waals surface area contributed by atoms with E-state index in [4.69, 9.17) is 4.74 Å². The van der Waals surface area contributed by atoms with Gasteiger partial charge in [-0.25, -0.2) is 4.98 Å². The Morgan fingerprint density at radius 3 is 2.82 bits per heavy atom. The maximum absolute atomic E-state index is 5.16. The van der Waals surface area contributed by atoms with Crippen LogP contribution in [0.3, 0.4) is 0 Å². The number of benzene rings is 1. The van der Waals surface area contributed by atoms with Crippen LogP contribution >= 0.6 is 0 Å². The van der Waals surface area contributed by atoms with Gasteiger partial charge in [-0.3, -0.25) is 0 Å². The summed E-state index contributed by atoms with van der Waals surface area (Å²) in [7, 11) is 1.65. The van der Waals surface area contributed by atoms with E-state index in [1.165, 1.54) is 17.5 Å². The zero-order chi connectivity index (χ0) is 15.4. The number of nitrogens with one attached hydrogen (secondary N) is 1. The van der Waals surface area contributed by atoms with Crippen molar-refractivity contribution in [2.75, 3.05) is 12.4 Å². The van der Waals surface area contributed by atoms with Crippen LogP contribution in [0.1, 0.15) is 23.7 Å². The van der Waals surface area contributed by atoms with Crippen LogP contribution in [0.15, 0.2) is 36.7 Å². The molecule has 1 aromatic carbocycles. The summed E-state index contributed by atoms with van der Waals surface area (Å²) >= 11 is 0. The molecule has 114 valence electrons. The predicted molar refractivity (Wildman–Crippen MR) is 84.6 cm³/mol. The fourth-order valence-electron chi connectivity index (χ4n) is 2.47. The molecule has 0 fully saturated rings. The van der Waals surface area contributed by atoms with Crippen LogP contribution in [-0.4, -0.2) is 26.7 Å². The van der Waals surface area contributed by atoms with Crippen LogP contribution in [-0.2, 0) is 24.3 Å². The Morgan fingerprint density at radius 2 is 2.05 bits per heavy atom. The monoisotopic (exact) mass is 297 g/mol. The first kappa shape index (κ1) is 14.5. The van der Waals surface area contributed by atoms with E-state index in [1.54, 1.807) is 11.6 Å². The van der Waals surface area contributed by atoms with Crippen molar-refractivity contribution in [3.63, 3.8) is 0 Å². The first-order valence-electron chi connectivity index (χ1n) is 7.31. The summed E-state index contributed by atoms with van der Waals surface area (Å²) in [5, 5.41) is 7.64. The Morgan fingerprint density at radius 1 is 1.23 bits per heavy atom. The third kappa shape index (κ3) is 2.92. The van der Waals surface area contributed by atoms with Crippen LogP contribution < -0.4 is 5.32 Å². The second kappa shape index (κ2) is 6.53. The number of hydrogen-bond donors (Lipinski definition) is 1. The van der Waals surface area contributed by atoms with E-state index in [9.17, 15) is 0 Å². The van der Waals surface area contributed by atoms with Crippen LogP contribution in [0.4, 0.5) is 5.82 Å². The van der Waals surface area contributed by atoms with Crippen LogP contribution in [0.5, 0.6) is 0 Å². The summed E-state index contributed by atoms with van der Waals surface area (Å²) in [6.07, 6.45) is 2.52. The minimum Gasteiger partial charge on any atom is -0.378 e. The Bertz CT molecular complexity index is 768. The maximum atomic E-state index is 5.16. The van der Waals surface area contributed by atoms with Gasteiger partial charge in [-0.1, -0.05) is 31.2 Å². The molecule has 3 rings (SSSR count). The van der Waals surface area contributed by atoms with Crippen molar-refractivity contribution in [1.29, 1.82) is 0 Å². The average molecular weight is 297 g/mol. The number of nitrogens with zero attached hydrogens (tertiary/aromatic N) is 4. The summed E-state index contributed by atoms with van der Waals surface area (Å²) in [6, 6.07) is 10.4. The fraction of sp³-hybridized carbons (Fsp3) is 0.312. The molecule has 0 amide bonds. The summed E-state index contributed by atoms with van der Waals surface area (Å²) in [4.78, 5) is 8.55. The van der Waals surface area contributed by atoms with E-state index in [0.29, 0.717) is 12.4 Å². The highest BCUT2D eigenvalue weighted by atomic mass is 16.5. The fourth-order valence-corrected chi connectivity index (χ4v) is 2.47. The lowest BCUT2D eigenvalue weighted by Gasteiger charge is -2.12. The average Bonchev–Trinajstić information content (AvgIpc) is 3.01. The van der Waals surface area contributed by atoms with E-state index < -0.39 is 0 Å². The molecule has 0 atom stereocenters. The van der Waals surface area contributed by atoms with Gasteiger partial charge in [-0.15, -0.1) is 0 Å². The molecule has 6 nitrogen and oxygen atoms in total. The highest BCUT2D eigenvalue weighted by Crippen LogP contribution is 2.15. The minimum absolute atomic E-state index is 0.448. The molecule has 0 aliphatic rings. The van der Waals surface area contributed by atoms with E-state index in [2.05, 4.69) is 51.6 Å². The van der Waals surface area contributed by atoms with Crippen LogP contribution in [0.2, 0.25) is 0 Å². The summed E-state index contributed by atoms with van der Waals surface area (Å²) in [5.41, 5.74) is 3.45. The van der Waals surface area contributed by atoms with Gasteiger partial charge in [0.25, 0.3) is 5.78 Å². The van der Waals surface area contributed by atoms with Gasteiger partial charge in [0, 0.05) is 19.7 Å². The summed E-state index contributed by atoms with van der Waals surface area (Å²) in [5.74, 6) is 1.43. The molecule has 0 saturated heterocycles. The molecule has 22 heavy (non-hydrogen) atoms. The van der Waals surface area contributed by atoms with Gasteiger partial charge in [-0.2, -0.15) is 14.6 Å². The third-order valence-electron chi connectivity index (χ3n) is 3.56. The zero-order valence-electron chi connectivity index (χ0n) is 12.8. The van der Waals surface area contributed by atoms with Gasteiger partial charge in [0.2, 0.25) is 0 Å². The molecule has 0 saturated carbocycles. The van der Waals surface area contributed by atoms with Gasteiger partial charge in [0.1, 0.15) is 12.1 Å². The van der Waals surface area contributed by atoms with Gasteiger partial charge in [0.05, 0.1) is 12.3 Å². The molecule has 0 aliphatic heterocycles. The number of rotatable bonds is 6. The second-order valence-corrected chi connectivity index (χ2v) is 5.01. The number of ether oxygens (including phenoxy) is 1. The smallest absolute Gasteiger partial charge is 0.254 e. The van der Waals surface area contributed by atoms with Crippen molar-refractivity contribution in [2.24, 2.45) is 0 Å². The first-order valence-corrected chi connectivity index (χ1v) is 7.31. The lowest BCUT2D eigenvalue weighted by Crippen LogP contribution is -2.09. The summed E-state index contributed by atoms with van der Waals surface area (Å²) in [6.45, 7) is 3.34. The van der Waals surface area contributed by atoms with E-state index in [-0.39, 0.29) is 0 Å². The molecule has 2 aromatic heterocycles. The van der Waals surface area contributed by atoms with Crippen molar-refractivity contribution in [3.8, 4) is 0 Å². The predicted octanol–water partition coefficient (Wildman–Crippen LogP) is 2.45. The number of aryl methyl sites for hydroxylation is 1. The molecular weight excluding hydrogens is 278 g/mol. The number of aromatic nitrogens is 4. The van der Waals surface area contributed by atoms with Crippen LogP contribution in [0, 0.1) is 0 Å². The van der Waals surface area contributed by atoms with Gasteiger partial charge >= 0.3 is 0 Å². The molecule has 2 heterocycles. The van der Waals surface area contributed by atoms with Crippen molar-refractivity contribution in [3.05, 3.63) is 53.5 Å². The lowest BCUT2D eigenvalue weighted by atomic mass is 10.1. The molecule has 0 aliphatic carbocycles. The first-order chi connectivity index (χ1) is 10.8. The van der Waals surface area contributed by atoms with Gasteiger partial charge in [-0.05, 0) is 17.5 Å². The Kier molecular flexibility index (Phi) is 4.29. The van der Waals surface area contributed by atoms with Crippen molar-refractivity contribution in [1.82, 2.24) is 19.6 Å². The SMILES string of the molecule is CCc1ccccc1CNc1cc(COC)nc2ncnn12. The van der Waals surface area contributed by atoms with E-state index in [0.717, 1.165) is 24.5 Å². The Hall–Kier alpha value is -2.47. The number of anilines is 1. The van der Waals surface area contributed by atoms with Crippen molar-refractivity contribution >= 4 is 11.6 Å². The van der Waals surface area contributed by atoms with Crippen molar-refractivity contribution < 1.29 is 4.74 Å². The Labute approximate surface area is 129 Å². The molecule has 0 spiro atoms. The normalized spacial score (nSPS) is 11.0. The highest BCUT2D eigenvalue weighted by molar-refractivity contribution is 5.45. The molecule has 3 aromatic rings. The topological polar surface area (TPSA) is 64.3 Å². The largest absolute Gasteiger partial charge is 0.378 e. The zero-order valence-corrected chi connectivity index (χ0v) is 12.8. The number of fused-ring (bicyclic) bond motifs is 1. The van der Waals surface area contributed by atoms with Crippen LogP contribution in [0.25, 0.3) is 5.78 Å². The highest BCUT2D eigenvalue weighted by Gasteiger charge is 2.08. The summed E-state index contributed by atoms with van der Waals surface area (Å²) < 4.78 is 6.86. The van der Waals surface area contributed by atoms with E-state index in [1.807, 2.05) is 6.07 Å². The molecule has 0 unspecified atom stereocenters. The molecule has 0 bridgehead atoms.